The average molecular weight is 283 g/mol. The fourth-order valence-electron chi connectivity index (χ4n) is 4.15. The van der Waals surface area contributed by atoms with Crippen LogP contribution in [0.1, 0.15) is 68.4 Å². The lowest BCUT2D eigenvalue weighted by molar-refractivity contribution is 0.422. The molecule has 0 aliphatic heterocycles. The number of nitrogens with one attached hydrogen (secondary N) is 1. The molecule has 0 radical (unpaired) electrons. The van der Waals surface area contributed by atoms with Crippen LogP contribution in [0.4, 0.5) is 0 Å². The molecule has 2 atom stereocenters. The first-order valence-corrected chi connectivity index (χ1v) is 8.80. The summed E-state index contributed by atoms with van der Waals surface area (Å²) in [4.78, 5) is 0. The Morgan fingerprint density at radius 2 is 2.05 bits per heavy atom. The predicted molar refractivity (Wildman–Crippen MR) is 90.8 cm³/mol. The van der Waals surface area contributed by atoms with Gasteiger partial charge in [-0.1, -0.05) is 35.9 Å². The van der Waals surface area contributed by atoms with Crippen LogP contribution in [-0.2, 0) is 6.42 Å². The minimum atomic E-state index is 0.644. The van der Waals surface area contributed by atoms with Crippen molar-refractivity contribution in [3.63, 3.8) is 0 Å². The largest absolute Gasteiger partial charge is 0.317 e. The molecule has 3 rings (SSSR count). The van der Waals surface area contributed by atoms with E-state index in [0.717, 1.165) is 5.92 Å². The third kappa shape index (κ3) is 3.77. The van der Waals surface area contributed by atoms with E-state index in [1.807, 2.05) is 0 Å². The number of hydrogen-bond donors (Lipinski definition) is 1. The van der Waals surface area contributed by atoms with Crippen molar-refractivity contribution in [1.29, 1.82) is 0 Å². The van der Waals surface area contributed by atoms with E-state index in [9.17, 15) is 0 Å². The fraction of sp³-hybridized carbons (Fsp3) is 0.600. The van der Waals surface area contributed by atoms with Crippen LogP contribution < -0.4 is 5.32 Å². The predicted octanol–water partition coefficient (Wildman–Crippen LogP) is 4.98. The number of rotatable bonds is 5. The van der Waals surface area contributed by atoms with Crippen molar-refractivity contribution in [1.82, 2.24) is 5.32 Å². The first kappa shape index (κ1) is 14.8. The van der Waals surface area contributed by atoms with Gasteiger partial charge in [-0.05, 0) is 81.9 Å². The molecule has 2 aliphatic rings. The highest BCUT2D eigenvalue weighted by molar-refractivity contribution is 5.32. The molecule has 0 amide bonds. The molecule has 1 aromatic carbocycles. The summed E-state index contributed by atoms with van der Waals surface area (Å²) in [5, 5.41) is 3.59. The van der Waals surface area contributed by atoms with Crippen molar-refractivity contribution in [2.45, 2.75) is 69.7 Å². The van der Waals surface area contributed by atoms with Gasteiger partial charge in [-0.15, -0.1) is 0 Å². The maximum atomic E-state index is 3.59. The molecule has 0 spiro atoms. The van der Waals surface area contributed by atoms with Gasteiger partial charge in [0, 0.05) is 6.04 Å². The van der Waals surface area contributed by atoms with Gasteiger partial charge >= 0.3 is 0 Å². The Bertz CT molecular complexity index is 488. The van der Waals surface area contributed by atoms with Crippen molar-refractivity contribution < 1.29 is 0 Å². The van der Waals surface area contributed by atoms with Gasteiger partial charge in [-0.2, -0.15) is 0 Å². The van der Waals surface area contributed by atoms with E-state index in [0.29, 0.717) is 6.04 Å². The first-order chi connectivity index (χ1) is 10.4. The summed E-state index contributed by atoms with van der Waals surface area (Å²) < 4.78 is 0. The van der Waals surface area contributed by atoms with E-state index in [-0.39, 0.29) is 0 Å². The van der Waals surface area contributed by atoms with Gasteiger partial charge < -0.3 is 5.32 Å². The van der Waals surface area contributed by atoms with Crippen LogP contribution in [0, 0.1) is 0 Å². The molecule has 0 saturated carbocycles. The molecule has 2 unspecified atom stereocenters. The average Bonchev–Trinajstić information content (AvgIpc) is 2.55. The van der Waals surface area contributed by atoms with Gasteiger partial charge in [-0.3, -0.25) is 0 Å². The highest BCUT2D eigenvalue weighted by atomic mass is 14.9. The second-order valence-corrected chi connectivity index (χ2v) is 6.82. The zero-order valence-corrected chi connectivity index (χ0v) is 13.4. The quantitative estimate of drug-likeness (QED) is 0.752. The van der Waals surface area contributed by atoms with Gasteiger partial charge in [0.25, 0.3) is 0 Å². The summed E-state index contributed by atoms with van der Waals surface area (Å²) >= 11 is 0. The molecule has 1 aromatic rings. The maximum absolute atomic E-state index is 3.59. The highest BCUT2D eigenvalue weighted by Crippen LogP contribution is 2.35. The molecule has 0 saturated heterocycles. The SMILES string of the molecule is CNC(CC1=CCCCC1)CC1CCCc2ccccc21. The standard InChI is InChI=1S/C20H29N/c1-21-19(14-16-8-3-2-4-9-16)15-18-12-7-11-17-10-5-6-13-20(17)18/h5-6,8,10,13,18-19,21H,2-4,7,9,11-12,14-15H2,1H3. The van der Waals surface area contributed by atoms with Crippen LogP contribution in [0.15, 0.2) is 35.9 Å². The van der Waals surface area contributed by atoms with Crippen LogP contribution in [0.2, 0.25) is 0 Å². The summed E-state index contributed by atoms with van der Waals surface area (Å²) in [6, 6.07) is 9.76. The molecule has 1 nitrogen and oxygen atoms in total. The zero-order valence-electron chi connectivity index (χ0n) is 13.4. The molecular weight excluding hydrogens is 254 g/mol. The number of benzene rings is 1. The van der Waals surface area contributed by atoms with Crippen LogP contribution >= 0.6 is 0 Å². The van der Waals surface area contributed by atoms with Crippen molar-refractivity contribution >= 4 is 0 Å². The summed E-state index contributed by atoms with van der Waals surface area (Å²) in [7, 11) is 2.14. The number of hydrogen-bond acceptors (Lipinski definition) is 1. The Labute approximate surface area is 129 Å². The Morgan fingerprint density at radius 1 is 1.14 bits per heavy atom. The Hall–Kier alpha value is -1.08. The van der Waals surface area contributed by atoms with E-state index in [4.69, 9.17) is 0 Å². The van der Waals surface area contributed by atoms with Crippen LogP contribution in [-0.4, -0.2) is 13.1 Å². The lowest BCUT2D eigenvalue weighted by Gasteiger charge is -2.30. The Balaban J connectivity index is 1.66. The molecule has 0 aromatic heterocycles. The molecular formula is C20H29N. The van der Waals surface area contributed by atoms with Crippen LogP contribution in [0.3, 0.4) is 0 Å². The van der Waals surface area contributed by atoms with Gasteiger partial charge in [0.1, 0.15) is 0 Å². The summed E-state index contributed by atoms with van der Waals surface area (Å²) in [6.07, 6.45) is 14.5. The fourth-order valence-corrected chi connectivity index (χ4v) is 4.15. The monoisotopic (exact) mass is 283 g/mol. The van der Waals surface area contributed by atoms with E-state index in [1.54, 1.807) is 16.7 Å². The molecule has 0 heterocycles. The normalized spacial score (nSPS) is 23.3. The van der Waals surface area contributed by atoms with E-state index >= 15 is 0 Å². The molecule has 114 valence electrons. The van der Waals surface area contributed by atoms with E-state index < -0.39 is 0 Å². The van der Waals surface area contributed by atoms with Gasteiger partial charge in [0.05, 0.1) is 0 Å². The van der Waals surface area contributed by atoms with Crippen molar-refractivity contribution in [2.24, 2.45) is 0 Å². The summed E-state index contributed by atoms with van der Waals surface area (Å²) in [5.41, 5.74) is 4.92. The zero-order chi connectivity index (χ0) is 14.5. The van der Waals surface area contributed by atoms with E-state index in [1.165, 1.54) is 57.8 Å². The second kappa shape index (κ2) is 7.26. The highest BCUT2D eigenvalue weighted by Gasteiger charge is 2.23. The Kier molecular flexibility index (Phi) is 5.13. The topological polar surface area (TPSA) is 12.0 Å². The van der Waals surface area contributed by atoms with Crippen molar-refractivity contribution in [2.75, 3.05) is 7.05 Å². The number of aryl methyl sites for hydroxylation is 1. The lowest BCUT2D eigenvalue weighted by Crippen LogP contribution is -2.29. The molecule has 21 heavy (non-hydrogen) atoms. The minimum Gasteiger partial charge on any atom is -0.317 e. The van der Waals surface area contributed by atoms with Gasteiger partial charge in [-0.25, -0.2) is 0 Å². The number of allylic oxidation sites excluding steroid dienone is 1. The number of fused-ring (bicyclic) bond motifs is 1. The second-order valence-electron chi connectivity index (χ2n) is 6.82. The third-order valence-electron chi connectivity index (χ3n) is 5.36. The lowest BCUT2D eigenvalue weighted by atomic mass is 9.78. The molecule has 0 fully saturated rings. The minimum absolute atomic E-state index is 0.644. The van der Waals surface area contributed by atoms with Crippen molar-refractivity contribution in [3.05, 3.63) is 47.0 Å². The molecule has 1 heteroatoms. The van der Waals surface area contributed by atoms with Crippen LogP contribution in [0.25, 0.3) is 0 Å². The van der Waals surface area contributed by atoms with E-state index in [2.05, 4.69) is 42.7 Å². The molecule has 0 bridgehead atoms. The van der Waals surface area contributed by atoms with Gasteiger partial charge in [0.2, 0.25) is 0 Å². The summed E-state index contributed by atoms with van der Waals surface area (Å²) in [5.74, 6) is 0.761. The smallest absolute Gasteiger partial charge is 0.0107 e. The summed E-state index contributed by atoms with van der Waals surface area (Å²) in [6.45, 7) is 0. The Morgan fingerprint density at radius 3 is 2.86 bits per heavy atom. The van der Waals surface area contributed by atoms with Gasteiger partial charge in [0.15, 0.2) is 0 Å². The van der Waals surface area contributed by atoms with Crippen molar-refractivity contribution in [3.8, 4) is 0 Å². The maximum Gasteiger partial charge on any atom is 0.0107 e. The molecule has 1 N–H and O–H groups in total. The first-order valence-electron chi connectivity index (χ1n) is 8.80. The molecule has 2 aliphatic carbocycles. The third-order valence-corrected chi connectivity index (χ3v) is 5.36. The van der Waals surface area contributed by atoms with Crippen LogP contribution in [0.5, 0.6) is 0 Å².